The monoisotopic (exact) mass is 215 g/mol. The van der Waals surface area contributed by atoms with Crippen LogP contribution in [0.15, 0.2) is 0 Å². The third kappa shape index (κ3) is 2.90. The first kappa shape index (κ1) is 11.9. The Bertz CT molecular complexity index is 257. The van der Waals surface area contributed by atoms with Crippen LogP contribution in [-0.4, -0.2) is 47.1 Å². The van der Waals surface area contributed by atoms with E-state index in [1.54, 1.807) is 0 Å². The number of likely N-dealkylation sites (tertiary alicyclic amines) is 1. The van der Waals surface area contributed by atoms with Crippen LogP contribution in [0.4, 0.5) is 0 Å². The van der Waals surface area contributed by atoms with Crippen LogP contribution in [0.2, 0.25) is 0 Å². The summed E-state index contributed by atoms with van der Waals surface area (Å²) in [4.78, 5) is 23.9. The second-order valence-electron chi connectivity index (χ2n) is 3.79. The number of primary amides is 1. The molecule has 6 heteroatoms. The van der Waals surface area contributed by atoms with Gasteiger partial charge in [0.1, 0.15) is 0 Å². The second kappa shape index (κ2) is 5.09. The smallest absolute Gasteiger partial charge is 0.240 e. The van der Waals surface area contributed by atoms with E-state index in [1.165, 1.54) is 4.90 Å². The molecule has 5 N–H and O–H groups in total. The largest absolute Gasteiger partial charge is 0.394 e. The molecule has 0 saturated carbocycles. The molecule has 2 atom stereocenters. The lowest BCUT2D eigenvalue weighted by atomic mass is 10.1. The maximum Gasteiger partial charge on any atom is 0.240 e. The molecule has 0 spiro atoms. The molecule has 1 fully saturated rings. The molecule has 2 amide bonds. The first-order valence-corrected chi connectivity index (χ1v) is 5.01. The van der Waals surface area contributed by atoms with Gasteiger partial charge in [0.2, 0.25) is 11.8 Å². The van der Waals surface area contributed by atoms with Crippen molar-refractivity contribution in [2.45, 2.75) is 31.3 Å². The number of nitrogens with two attached hydrogens (primary N) is 2. The van der Waals surface area contributed by atoms with Gasteiger partial charge >= 0.3 is 0 Å². The number of nitrogens with zero attached hydrogens (tertiary/aromatic N) is 1. The maximum atomic E-state index is 11.7. The van der Waals surface area contributed by atoms with Crippen molar-refractivity contribution in [3.05, 3.63) is 0 Å². The molecule has 1 unspecified atom stereocenters. The molecular formula is C9H17N3O3. The van der Waals surface area contributed by atoms with Gasteiger partial charge in [-0.05, 0) is 12.8 Å². The third-order valence-electron chi connectivity index (χ3n) is 2.61. The minimum atomic E-state index is -0.880. The zero-order valence-electron chi connectivity index (χ0n) is 8.56. The molecule has 1 aliphatic rings. The molecule has 0 bridgehead atoms. The predicted molar refractivity (Wildman–Crippen MR) is 53.6 cm³/mol. The SMILES string of the molecule is NC(=O)CC(N)C(=O)N1CCC[C@@H]1CO. The van der Waals surface area contributed by atoms with Crippen LogP contribution in [0, 0.1) is 0 Å². The van der Waals surface area contributed by atoms with Gasteiger partial charge < -0.3 is 21.5 Å². The van der Waals surface area contributed by atoms with Gasteiger partial charge in [-0.3, -0.25) is 9.59 Å². The number of carbonyl (C=O) groups is 2. The fraction of sp³-hybridized carbons (Fsp3) is 0.778. The van der Waals surface area contributed by atoms with Crippen molar-refractivity contribution in [3.8, 4) is 0 Å². The molecule has 0 radical (unpaired) electrons. The zero-order chi connectivity index (χ0) is 11.4. The first-order chi connectivity index (χ1) is 7.06. The van der Waals surface area contributed by atoms with Crippen molar-refractivity contribution in [2.24, 2.45) is 11.5 Å². The van der Waals surface area contributed by atoms with Crippen LogP contribution in [0.5, 0.6) is 0 Å². The maximum absolute atomic E-state index is 11.7. The highest BCUT2D eigenvalue weighted by Gasteiger charge is 2.31. The van der Waals surface area contributed by atoms with Gasteiger partial charge in [-0.15, -0.1) is 0 Å². The standard InChI is InChI=1S/C9H17N3O3/c10-7(4-8(11)14)9(15)12-3-1-2-6(12)5-13/h6-7,13H,1-5,10H2,(H2,11,14)/t6-,7?/m1/s1. The number of aliphatic hydroxyl groups is 1. The van der Waals surface area contributed by atoms with E-state index in [0.717, 1.165) is 12.8 Å². The Morgan fingerprint density at radius 3 is 2.73 bits per heavy atom. The van der Waals surface area contributed by atoms with Crippen molar-refractivity contribution >= 4 is 11.8 Å². The van der Waals surface area contributed by atoms with Gasteiger partial charge in [-0.2, -0.15) is 0 Å². The average molecular weight is 215 g/mol. The van der Waals surface area contributed by atoms with Crippen LogP contribution in [-0.2, 0) is 9.59 Å². The molecule has 1 rings (SSSR count). The Hall–Kier alpha value is -1.14. The van der Waals surface area contributed by atoms with Gasteiger partial charge in [0, 0.05) is 6.54 Å². The molecule has 6 nitrogen and oxygen atoms in total. The lowest BCUT2D eigenvalue weighted by Crippen LogP contribution is -2.48. The van der Waals surface area contributed by atoms with Crippen LogP contribution in [0.3, 0.4) is 0 Å². The highest BCUT2D eigenvalue weighted by Crippen LogP contribution is 2.17. The van der Waals surface area contributed by atoms with Crippen molar-refractivity contribution in [3.63, 3.8) is 0 Å². The fourth-order valence-electron chi connectivity index (χ4n) is 1.83. The summed E-state index contributed by atoms with van der Waals surface area (Å²) in [5.74, 6) is -0.888. The van der Waals surface area contributed by atoms with Crippen molar-refractivity contribution in [2.75, 3.05) is 13.2 Å². The Balaban J connectivity index is 2.55. The van der Waals surface area contributed by atoms with Crippen LogP contribution in [0.1, 0.15) is 19.3 Å². The van der Waals surface area contributed by atoms with Crippen molar-refractivity contribution in [1.82, 2.24) is 4.90 Å². The molecule has 1 saturated heterocycles. The van der Waals surface area contributed by atoms with E-state index < -0.39 is 11.9 Å². The highest BCUT2D eigenvalue weighted by atomic mass is 16.3. The number of hydrogen-bond donors (Lipinski definition) is 3. The van der Waals surface area contributed by atoms with E-state index in [-0.39, 0.29) is 25.0 Å². The van der Waals surface area contributed by atoms with Crippen molar-refractivity contribution in [1.29, 1.82) is 0 Å². The highest BCUT2D eigenvalue weighted by molar-refractivity contribution is 5.87. The Kier molecular flexibility index (Phi) is 4.05. The number of hydrogen-bond acceptors (Lipinski definition) is 4. The Morgan fingerprint density at radius 1 is 1.53 bits per heavy atom. The molecule has 0 aromatic rings. The number of aliphatic hydroxyl groups excluding tert-OH is 1. The summed E-state index contributed by atoms with van der Waals surface area (Å²) in [6, 6.07) is -1.04. The van der Waals surface area contributed by atoms with Gasteiger partial charge in [0.15, 0.2) is 0 Å². The minimum Gasteiger partial charge on any atom is -0.394 e. The normalized spacial score (nSPS) is 22.8. The van der Waals surface area contributed by atoms with Gasteiger partial charge in [0.05, 0.1) is 25.1 Å². The summed E-state index contributed by atoms with van der Waals surface area (Å²) >= 11 is 0. The van der Waals surface area contributed by atoms with Gasteiger partial charge in [0.25, 0.3) is 0 Å². The summed E-state index contributed by atoms with van der Waals surface area (Å²) in [6.45, 7) is 0.533. The van der Waals surface area contributed by atoms with Crippen molar-refractivity contribution < 1.29 is 14.7 Å². The summed E-state index contributed by atoms with van der Waals surface area (Å²) in [5.41, 5.74) is 10.5. The number of rotatable bonds is 4. The predicted octanol–water partition coefficient (Wildman–Crippen LogP) is -1.83. The molecule has 15 heavy (non-hydrogen) atoms. The van der Waals surface area contributed by atoms with E-state index in [1.807, 2.05) is 0 Å². The molecule has 1 aliphatic heterocycles. The lowest BCUT2D eigenvalue weighted by Gasteiger charge is -2.25. The molecule has 86 valence electrons. The van der Waals surface area contributed by atoms with Gasteiger partial charge in [-0.1, -0.05) is 0 Å². The van der Waals surface area contributed by atoms with E-state index in [9.17, 15) is 9.59 Å². The zero-order valence-corrected chi connectivity index (χ0v) is 8.56. The first-order valence-electron chi connectivity index (χ1n) is 5.01. The Labute approximate surface area is 88.2 Å². The topological polar surface area (TPSA) is 110 Å². The minimum absolute atomic E-state index is 0.0605. The fourth-order valence-corrected chi connectivity index (χ4v) is 1.83. The third-order valence-corrected chi connectivity index (χ3v) is 2.61. The molecule has 1 heterocycles. The summed E-state index contributed by atoms with van der Waals surface area (Å²) in [7, 11) is 0. The summed E-state index contributed by atoms with van der Waals surface area (Å²) in [5, 5.41) is 9.02. The van der Waals surface area contributed by atoms with E-state index >= 15 is 0 Å². The quantitative estimate of drug-likeness (QED) is 0.512. The molecular weight excluding hydrogens is 198 g/mol. The molecule has 0 aromatic carbocycles. The summed E-state index contributed by atoms with van der Waals surface area (Å²) in [6.07, 6.45) is 1.50. The van der Waals surface area contributed by atoms with E-state index in [2.05, 4.69) is 0 Å². The second-order valence-corrected chi connectivity index (χ2v) is 3.79. The van der Waals surface area contributed by atoms with E-state index in [4.69, 9.17) is 16.6 Å². The summed E-state index contributed by atoms with van der Waals surface area (Å²) < 4.78 is 0. The number of amides is 2. The van der Waals surface area contributed by atoms with E-state index in [0.29, 0.717) is 6.54 Å². The van der Waals surface area contributed by atoms with Crippen LogP contribution in [0.25, 0.3) is 0 Å². The van der Waals surface area contributed by atoms with Gasteiger partial charge in [-0.25, -0.2) is 0 Å². The molecule has 0 aliphatic carbocycles. The Morgan fingerprint density at radius 2 is 2.20 bits per heavy atom. The molecule has 0 aromatic heterocycles. The average Bonchev–Trinajstić information content (AvgIpc) is 2.62. The number of carbonyl (C=O) groups excluding carboxylic acids is 2. The van der Waals surface area contributed by atoms with Crippen LogP contribution >= 0.6 is 0 Å². The van der Waals surface area contributed by atoms with Crippen LogP contribution < -0.4 is 11.5 Å². The lowest BCUT2D eigenvalue weighted by molar-refractivity contribution is -0.136.